The number of hydrogen-bond donors (Lipinski definition) is 0. The number of nitrogens with zero attached hydrogens (tertiary/aromatic N) is 3. The molecule has 1 heterocycles. The van der Waals surface area contributed by atoms with E-state index in [9.17, 15) is 0 Å². The van der Waals surface area contributed by atoms with Gasteiger partial charge in [0.25, 0.3) is 0 Å². The van der Waals surface area contributed by atoms with Crippen molar-refractivity contribution in [3.63, 3.8) is 0 Å². The summed E-state index contributed by atoms with van der Waals surface area (Å²) in [5, 5.41) is 1.36. The molecule has 0 amide bonds. The van der Waals surface area contributed by atoms with E-state index in [0.717, 1.165) is 11.5 Å². The summed E-state index contributed by atoms with van der Waals surface area (Å²) < 4.78 is 6.28. The highest BCUT2D eigenvalue weighted by Crippen LogP contribution is 2.33. The van der Waals surface area contributed by atoms with Crippen molar-refractivity contribution in [1.29, 1.82) is 0 Å². The summed E-state index contributed by atoms with van der Waals surface area (Å²) in [6.45, 7) is 1.98. The average Bonchev–Trinajstić information content (AvgIpc) is 2.72. The molecule has 0 saturated heterocycles. The molecule has 0 aliphatic carbocycles. The van der Waals surface area contributed by atoms with Gasteiger partial charge in [-0.3, -0.25) is 0 Å². The minimum absolute atomic E-state index is 0.439. The quantitative estimate of drug-likeness (QED) is 0.442. The Balaban J connectivity index is 2.43. The maximum Gasteiger partial charge on any atom is 0.331 e. The van der Waals surface area contributed by atoms with Crippen LogP contribution >= 0.6 is 47.0 Å². The zero-order chi connectivity index (χ0) is 16.7. The molecule has 3 nitrogen and oxygen atoms in total. The molecule has 0 atom stereocenters. The molecule has 118 valence electrons. The Morgan fingerprint density at radius 3 is 2.09 bits per heavy atom. The number of halogens is 3. The molecular weight excluding hydrogens is 373 g/mol. The van der Waals surface area contributed by atoms with Crippen molar-refractivity contribution in [3.8, 4) is 11.4 Å². The van der Waals surface area contributed by atoms with E-state index in [4.69, 9.17) is 47.0 Å². The molecular formula is C16H13Cl3N3S+. The SMILES string of the molecule is Cc1n(-c2ccccc2)n(-c2c(Cl)cc(Cl)cc2Cl)c(=S)[n+]1C. The number of rotatable bonds is 2. The van der Waals surface area contributed by atoms with E-state index in [-0.39, 0.29) is 0 Å². The van der Waals surface area contributed by atoms with Gasteiger partial charge in [-0.25, -0.2) is 4.57 Å². The van der Waals surface area contributed by atoms with Crippen molar-refractivity contribution in [3.05, 3.63) is 68.1 Å². The van der Waals surface area contributed by atoms with E-state index < -0.39 is 0 Å². The lowest BCUT2D eigenvalue weighted by Crippen LogP contribution is -2.31. The Bertz CT molecular complexity index is 922. The second-order valence-corrected chi connectivity index (χ2v) is 6.68. The van der Waals surface area contributed by atoms with E-state index in [1.807, 2.05) is 58.2 Å². The molecule has 2 aromatic carbocycles. The van der Waals surface area contributed by atoms with Crippen LogP contribution in [0.2, 0.25) is 15.1 Å². The largest absolute Gasteiger partial charge is 0.331 e. The first-order chi connectivity index (χ1) is 10.9. The fraction of sp³-hybridized carbons (Fsp3) is 0.125. The average molecular weight is 386 g/mol. The molecule has 3 aromatic rings. The summed E-state index contributed by atoms with van der Waals surface area (Å²) in [5.74, 6) is 0.947. The standard InChI is InChI=1S/C16H13Cl3N3S/c1-10-20(2)16(23)22(21(10)12-6-4-3-5-7-12)15-13(18)8-11(17)9-14(15)19/h3-9H,1-2H3/q+1. The predicted octanol–water partition coefficient (Wildman–Crippen LogP) is 5.09. The van der Waals surface area contributed by atoms with Crippen LogP contribution in [0.25, 0.3) is 11.4 Å². The molecule has 0 radical (unpaired) electrons. The summed E-state index contributed by atoms with van der Waals surface area (Å²) >= 11 is 24.4. The Hall–Kier alpha value is -1.33. The van der Waals surface area contributed by atoms with Gasteiger partial charge in [0.05, 0.1) is 17.1 Å². The lowest BCUT2D eigenvalue weighted by molar-refractivity contribution is -0.685. The van der Waals surface area contributed by atoms with E-state index in [1.54, 1.807) is 12.1 Å². The minimum Gasteiger partial charge on any atom is -0.224 e. The van der Waals surface area contributed by atoms with Gasteiger partial charge in [0, 0.05) is 11.9 Å². The predicted molar refractivity (Wildman–Crippen MR) is 96.9 cm³/mol. The van der Waals surface area contributed by atoms with Crippen LogP contribution in [0.3, 0.4) is 0 Å². The zero-order valence-corrected chi connectivity index (χ0v) is 15.5. The number of aromatic nitrogens is 3. The van der Waals surface area contributed by atoms with Crippen LogP contribution in [0.5, 0.6) is 0 Å². The van der Waals surface area contributed by atoms with Crippen LogP contribution in [-0.2, 0) is 7.05 Å². The maximum atomic E-state index is 6.40. The highest BCUT2D eigenvalue weighted by molar-refractivity contribution is 7.71. The molecule has 1 aromatic heterocycles. The lowest BCUT2D eigenvalue weighted by Gasteiger charge is -2.08. The fourth-order valence-electron chi connectivity index (χ4n) is 2.46. The topological polar surface area (TPSA) is 13.7 Å². The number of para-hydroxylation sites is 1. The van der Waals surface area contributed by atoms with Crippen LogP contribution in [-0.4, -0.2) is 9.36 Å². The first-order valence-corrected chi connectivity index (χ1v) is 8.37. The molecule has 23 heavy (non-hydrogen) atoms. The van der Waals surface area contributed by atoms with Crippen LogP contribution in [0, 0.1) is 11.7 Å². The van der Waals surface area contributed by atoms with Gasteiger partial charge in [0.15, 0.2) is 5.69 Å². The van der Waals surface area contributed by atoms with Gasteiger partial charge in [-0.05, 0) is 36.5 Å². The highest BCUT2D eigenvalue weighted by Gasteiger charge is 2.26. The lowest BCUT2D eigenvalue weighted by atomic mass is 10.3. The van der Waals surface area contributed by atoms with Gasteiger partial charge in [0.2, 0.25) is 5.82 Å². The van der Waals surface area contributed by atoms with Crippen LogP contribution in [0.1, 0.15) is 5.82 Å². The van der Waals surface area contributed by atoms with Gasteiger partial charge in [0.1, 0.15) is 5.69 Å². The van der Waals surface area contributed by atoms with Gasteiger partial charge in [-0.1, -0.05) is 57.7 Å². The van der Waals surface area contributed by atoms with Gasteiger partial charge >= 0.3 is 4.77 Å². The first kappa shape index (κ1) is 16.5. The van der Waals surface area contributed by atoms with Crippen LogP contribution in [0.15, 0.2) is 42.5 Å². The van der Waals surface area contributed by atoms with Crippen molar-refractivity contribution < 1.29 is 4.57 Å². The van der Waals surface area contributed by atoms with Crippen molar-refractivity contribution in [2.24, 2.45) is 7.05 Å². The van der Waals surface area contributed by atoms with Crippen LogP contribution in [0.4, 0.5) is 0 Å². The van der Waals surface area contributed by atoms with E-state index in [1.165, 1.54) is 0 Å². The van der Waals surface area contributed by atoms with Gasteiger partial charge in [-0.2, -0.15) is 0 Å². The van der Waals surface area contributed by atoms with Crippen molar-refractivity contribution in [2.75, 3.05) is 0 Å². The van der Waals surface area contributed by atoms with E-state index >= 15 is 0 Å². The summed E-state index contributed by atoms with van der Waals surface area (Å²) in [4.78, 5) is 0. The fourth-order valence-corrected chi connectivity index (χ4v) is 3.74. The molecule has 3 rings (SSSR count). The smallest absolute Gasteiger partial charge is 0.224 e. The van der Waals surface area contributed by atoms with Crippen LogP contribution < -0.4 is 4.57 Å². The molecule has 0 bridgehead atoms. The van der Waals surface area contributed by atoms with Crippen molar-refractivity contribution >= 4 is 47.0 Å². The Morgan fingerprint density at radius 1 is 0.957 bits per heavy atom. The summed E-state index contributed by atoms with van der Waals surface area (Å²) in [6, 6.07) is 13.2. The molecule has 0 N–H and O–H groups in total. The Kier molecular flexibility index (Phi) is 4.52. The zero-order valence-electron chi connectivity index (χ0n) is 12.4. The Labute approximate surface area is 154 Å². The van der Waals surface area contributed by atoms with Gasteiger partial charge in [-0.15, -0.1) is 4.68 Å². The second kappa shape index (κ2) is 6.29. The normalized spacial score (nSPS) is 11.0. The Morgan fingerprint density at radius 2 is 1.52 bits per heavy atom. The molecule has 0 aliphatic heterocycles. The first-order valence-electron chi connectivity index (χ1n) is 6.83. The summed E-state index contributed by atoms with van der Waals surface area (Å²) in [7, 11) is 1.91. The second-order valence-electron chi connectivity index (χ2n) is 5.07. The van der Waals surface area contributed by atoms with Crippen molar-refractivity contribution in [2.45, 2.75) is 6.92 Å². The third-order valence-corrected chi connectivity index (χ3v) is 4.90. The highest BCUT2D eigenvalue weighted by atomic mass is 35.5. The minimum atomic E-state index is 0.439. The molecule has 0 fully saturated rings. The third kappa shape index (κ3) is 2.81. The number of benzene rings is 2. The molecule has 0 spiro atoms. The van der Waals surface area contributed by atoms with E-state index in [0.29, 0.717) is 25.5 Å². The monoisotopic (exact) mass is 384 g/mol. The molecule has 0 saturated carbocycles. The summed E-state index contributed by atoms with van der Waals surface area (Å²) in [5.41, 5.74) is 1.56. The number of hydrogen-bond acceptors (Lipinski definition) is 1. The van der Waals surface area contributed by atoms with Gasteiger partial charge < -0.3 is 0 Å². The molecule has 7 heteroatoms. The maximum absolute atomic E-state index is 6.40. The van der Waals surface area contributed by atoms with E-state index in [2.05, 4.69) is 0 Å². The van der Waals surface area contributed by atoms with Crippen molar-refractivity contribution in [1.82, 2.24) is 9.36 Å². The molecule has 0 aliphatic rings. The molecule has 0 unspecified atom stereocenters. The summed E-state index contributed by atoms with van der Waals surface area (Å²) in [6.07, 6.45) is 0. The third-order valence-electron chi connectivity index (χ3n) is 3.65.